The highest BCUT2D eigenvalue weighted by Crippen LogP contribution is 2.42. The molecule has 2 aliphatic rings. The molecule has 29 heavy (non-hydrogen) atoms. The first-order valence-corrected chi connectivity index (χ1v) is 9.75. The average molecular weight is 395 g/mol. The van der Waals surface area contributed by atoms with Crippen LogP contribution >= 0.6 is 0 Å². The van der Waals surface area contributed by atoms with E-state index in [1.165, 1.54) is 6.92 Å². The first-order valence-electron chi connectivity index (χ1n) is 9.75. The number of likely N-dealkylation sites (tertiary alicyclic amines) is 1. The second-order valence-corrected chi connectivity index (χ2v) is 7.55. The van der Waals surface area contributed by atoms with Crippen LogP contribution in [-0.2, 0) is 20.9 Å². The summed E-state index contributed by atoms with van der Waals surface area (Å²) in [6.45, 7) is 3.69. The number of hydrogen-bond acceptors (Lipinski definition) is 5. The monoisotopic (exact) mass is 395 g/mol. The van der Waals surface area contributed by atoms with Crippen molar-refractivity contribution >= 4 is 11.8 Å². The number of rotatable bonds is 4. The summed E-state index contributed by atoms with van der Waals surface area (Å²) in [5, 5.41) is 0. The molecule has 0 saturated carbocycles. The Hall–Kier alpha value is -2.93. The fourth-order valence-corrected chi connectivity index (χ4v) is 4.26. The molecule has 1 aromatic heterocycles. The maximum absolute atomic E-state index is 13.6. The second-order valence-electron chi connectivity index (χ2n) is 7.55. The highest BCUT2D eigenvalue weighted by atomic mass is 16.5. The summed E-state index contributed by atoms with van der Waals surface area (Å²) >= 11 is 0. The molecule has 1 spiro atoms. The van der Waals surface area contributed by atoms with Crippen molar-refractivity contribution in [1.29, 1.82) is 0 Å². The van der Waals surface area contributed by atoms with Crippen molar-refractivity contribution in [3.63, 3.8) is 0 Å². The smallest absolute Gasteiger partial charge is 0.257 e. The Labute approximate surface area is 170 Å². The Morgan fingerprint density at radius 2 is 2.10 bits per heavy atom. The number of benzene rings is 1. The minimum absolute atomic E-state index is 0.0561. The molecule has 7 nitrogen and oxygen atoms in total. The Bertz CT molecular complexity index is 887. The molecule has 0 aliphatic carbocycles. The quantitative estimate of drug-likeness (QED) is 0.790. The molecule has 3 heterocycles. The molecule has 0 radical (unpaired) electrons. The molecule has 2 amide bonds. The minimum Gasteiger partial charge on any atom is -0.497 e. The molecule has 2 atom stereocenters. The first kappa shape index (κ1) is 19.4. The third-order valence-electron chi connectivity index (χ3n) is 5.83. The molecule has 2 fully saturated rings. The van der Waals surface area contributed by atoms with Gasteiger partial charge in [0.25, 0.3) is 5.91 Å². The number of amides is 2. The molecule has 2 saturated heterocycles. The topological polar surface area (TPSA) is 72.0 Å². The van der Waals surface area contributed by atoms with Crippen LogP contribution in [0.3, 0.4) is 0 Å². The van der Waals surface area contributed by atoms with Gasteiger partial charge in [0.2, 0.25) is 5.91 Å². The SMILES string of the molecule is COc1ccc(CN2CCO[C@]3(CN(C(C)=O)C[C@@H]3c3cccnc3)C2=O)cc1. The molecule has 0 bridgehead atoms. The lowest BCUT2D eigenvalue weighted by Gasteiger charge is -2.42. The molecule has 1 aromatic carbocycles. The highest BCUT2D eigenvalue weighted by Gasteiger charge is 2.57. The van der Waals surface area contributed by atoms with Crippen LogP contribution in [0.25, 0.3) is 0 Å². The van der Waals surface area contributed by atoms with Gasteiger partial charge in [-0.25, -0.2) is 0 Å². The van der Waals surface area contributed by atoms with Crippen molar-refractivity contribution in [3.05, 3.63) is 59.9 Å². The van der Waals surface area contributed by atoms with Gasteiger partial charge in [-0.05, 0) is 29.3 Å². The zero-order valence-electron chi connectivity index (χ0n) is 16.7. The van der Waals surface area contributed by atoms with Crippen molar-refractivity contribution in [2.45, 2.75) is 25.0 Å². The zero-order valence-corrected chi connectivity index (χ0v) is 16.7. The summed E-state index contributed by atoms with van der Waals surface area (Å²) in [5.74, 6) is 0.408. The van der Waals surface area contributed by atoms with Gasteiger partial charge in [0.05, 0.1) is 20.3 Å². The van der Waals surface area contributed by atoms with Crippen LogP contribution in [0.15, 0.2) is 48.8 Å². The minimum atomic E-state index is -1.07. The van der Waals surface area contributed by atoms with Gasteiger partial charge in [-0.1, -0.05) is 18.2 Å². The van der Waals surface area contributed by atoms with Crippen LogP contribution in [0.2, 0.25) is 0 Å². The van der Waals surface area contributed by atoms with Gasteiger partial charge in [0, 0.05) is 44.9 Å². The number of carbonyl (C=O) groups excluding carboxylic acids is 2. The van der Waals surface area contributed by atoms with E-state index in [4.69, 9.17) is 9.47 Å². The first-order chi connectivity index (χ1) is 14.0. The van der Waals surface area contributed by atoms with E-state index in [9.17, 15) is 9.59 Å². The number of pyridine rings is 1. The van der Waals surface area contributed by atoms with Gasteiger partial charge < -0.3 is 19.3 Å². The third-order valence-corrected chi connectivity index (χ3v) is 5.83. The van der Waals surface area contributed by atoms with Crippen LogP contribution in [-0.4, -0.2) is 65.6 Å². The van der Waals surface area contributed by atoms with Crippen molar-refractivity contribution in [1.82, 2.24) is 14.8 Å². The van der Waals surface area contributed by atoms with Crippen molar-refractivity contribution in [2.24, 2.45) is 0 Å². The molecule has 152 valence electrons. The van der Waals surface area contributed by atoms with Gasteiger partial charge in [0.15, 0.2) is 5.60 Å². The Kier molecular flexibility index (Phi) is 5.24. The van der Waals surface area contributed by atoms with Crippen molar-refractivity contribution in [3.8, 4) is 5.75 Å². The fraction of sp³-hybridized carbons (Fsp3) is 0.409. The summed E-state index contributed by atoms with van der Waals surface area (Å²) < 4.78 is 11.4. The molecular weight excluding hydrogens is 370 g/mol. The predicted molar refractivity (Wildman–Crippen MR) is 106 cm³/mol. The summed E-state index contributed by atoms with van der Waals surface area (Å²) in [4.78, 5) is 33.5. The van der Waals surface area contributed by atoms with E-state index in [-0.39, 0.29) is 24.3 Å². The number of methoxy groups -OCH3 is 1. The molecule has 0 unspecified atom stereocenters. The summed E-state index contributed by atoms with van der Waals surface area (Å²) in [7, 11) is 1.63. The van der Waals surface area contributed by atoms with E-state index < -0.39 is 5.60 Å². The highest BCUT2D eigenvalue weighted by molar-refractivity contribution is 5.89. The second kappa shape index (κ2) is 7.83. The van der Waals surface area contributed by atoms with E-state index in [0.717, 1.165) is 16.9 Å². The van der Waals surface area contributed by atoms with E-state index in [1.807, 2.05) is 41.3 Å². The van der Waals surface area contributed by atoms with E-state index in [2.05, 4.69) is 4.98 Å². The van der Waals surface area contributed by atoms with Gasteiger partial charge >= 0.3 is 0 Å². The zero-order chi connectivity index (χ0) is 20.4. The summed E-state index contributed by atoms with van der Waals surface area (Å²) in [5.41, 5.74) is 0.867. The maximum Gasteiger partial charge on any atom is 0.257 e. The van der Waals surface area contributed by atoms with E-state index in [1.54, 1.807) is 24.4 Å². The van der Waals surface area contributed by atoms with Crippen LogP contribution in [0.5, 0.6) is 5.75 Å². The van der Waals surface area contributed by atoms with Gasteiger partial charge in [0.1, 0.15) is 5.75 Å². The molecule has 7 heteroatoms. The summed E-state index contributed by atoms with van der Waals surface area (Å²) in [6, 6.07) is 11.5. The normalized spacial score (nSPS) is 24.2. The van der Waals surface area contributed by atoms with E-state index >= 15 is 0 Å². The number of ether oxygens (including phenoxy) is 2. The Morgan fingerprint density at radius 1 is 1.31 bits per heavy atom. The maximum atomic E-state index is 13.6. The average Bonchev–Trinajstić information content (AvgIpc) is 3.13. The molecule has 2 aromatic rings. The largest absolute Gasteiger partial charge is 0.497 e. The predicted octanol–water partition coefficient (Wildman–Crippen LogP) is 1.83. The number of nitrogens with zero attached hydrogens (tertiary/aromatic N) is 3. The van der Waals surface area contributed by atoms with Crippen LogP contribution < -0.4 is 4.74 Å². The van der Waals surface area contributed by atoms with Crippen molar-refractivity contribution in [2.75, 3.05) is 33.4 Å². The Morgan fingerprint density at radius 3 is 2.76 bits per heavy atom. The van der Waals surface area contributed by atoms with Crippen molar-refractivity contribution < 1.29 is 19.1 Å². The lowest BCUT2D eigenvalue weighted by Crippen LogP contribution is -2.60. The van der Waals surface area contributed by atoms with Gasteiger partial charge in [-0.15, -0.1) is 0 Å². The molecular formula is C22H25N3O4. The van der Waals surface area contributed by atoms with E-state index in [0.29, 0.717) is 26.2 Å². The summed E-state index contributed by atoms with van der Waals surface area (Å²) in [6.07, 6.45) is 3.46. The Balaban J connectivity index is 1.63. The molecule has 2 aliphatic heterocycles. The van der Waals surface area contributed by atoms with Gasteiger partial charge in [-0.2, -0.15) is 0 Å². The lowest BCUT2D eigenvalue weighted by molar-refractivity contribution is -0.173. The van der Waals surface area contributed by atoms with Gasteiger partial charge in [-0.3, -0.25) is 14.6 Å². The van der Waals surface area contributed by atoms with Crippen LogP contribution in [0, 0.1) is 0 Å². The number of carbonyl (C=O) groups is 2. The lowest BCUT2D eigenvalue weighted by atomic mass is 9.83. The molecule has 0 N–H and O–H groups in total. The fourth-order valence-electron chi connectivity index (χ4n) is 4.26. The number of hydrogen-bond donors (Lipinski definition) is 0. The molecule has 4 rings (SSSR count). The third kappa shape index (κ3) is 3.58. The standard InChI is InChI=1S/C22H25N3O4/c1-16(26)25-14-20(18-4-3-9-23-12-18)22(15-25)21(27)24(10-11-29-22)13-17-5-7-19(28-2)8-6-17/h3-9,12,20H,10-11,13-15H2,1-2H3/t20-,22+/m1/s1. The van der Waals surface area contributed by atoms with Crippen LogP contribution in [0.1, 0.15) is 24.0 Å². The van der Waals surface area contributed by atoms with Crippen LogP contribution in [0.4, 0.5) is 0 Å². The number of morpholine rings is 1. The number of aromatic nitrogens is 1.